The van der Waals surface area contributed by atoms with Gasteiger partial charge in [0.15, 0.2) is 6.10 Å². The number of benzene rings is 3. The fourth-order valence-corrected chi connectivity index (χ4v) is 4.32. The van der Waals surface area contributed by atoms with Gasteiger partial charge in [0.1, 0.15) is 5.92 Å². The molecule has 2 heterocycles. The van der Waals surface area contributed by atoms with E-state index in [0.717, 1.165) is 5.56 Å². The van der Waals surface area contributed by atoms with Gasteiger partial charge in [-0.1, -0.05) is 60.7 Å². The van der Waals surface area contributed by atoms with E-state index < -0.39 is 23.0 Å². The number of para-hydroxylation sites is 1. The summed E-state index contributed by atoms with van der Waals surface area (Å²) in [7, 11) is 0. The van der Waals surface area contributed by atoms with Gasteiger partial charge in [0.05, 0.1) is 23.2 Å². The zero-order valence-electron chi connectivity index (χ0n) is 16.9. The number of hydrogen-bond donors (Lipinski definition) is 0. The topological polar surface area (TPSA) is 93.0 Å². The van der Waals surface area contributed by atoms with Crippen LogP contribution in [0.25, 0.3) is 0 Å². The lowest BCUT2D eigenvalue weighted by Gasteiger charge is -2.28. The molecule has 0 spiro atoms. The molecule has 3 aromatic rings. The highest BCUT2D eigenvalue weighted by atomic mass is 16.7. The summed E-state index contributed by atoms with van der Waals surface area (Å²) in [6, 6.07) is 23.9. The number of carbonyl (C=O) groups excluding carboxylic acids is 2. The van der Waals surface area contributed by atoms with Gasteiger partial charge < -0.3 is 0 Å². The summed E-state index contributed by atoms with van der Waals surface area (Å²) < 4.78 is 0. The summed E-state index contributed by atoms with van der Waals surface area (Å²) in [5, 5.41) is 12.7. The van der Waals surface area contributed by atoms with Crippen LogP contribution < -0.4 is 5.06 Å². The molecule has 3 unspecified atom stereocenters. The van der Waals surface area contributed by atoms with Crippen molar-refractivity contribution in [3.8, 4) is 0 Å². The number of amides is 2. The highest BCUT2D eigenvalue weighted by molar-refractivity contribution is 6.07. The highest BCUT2D eigenvalue weighted by Gasteiger charge is 2.59. The Kier molecular flexibility index (Phi) is 4.91. The molecular weight excluding hydrogens is 410 g/mol. The number of likely N-dealkylation sites (tertiary alicyclic amines) is 1. The molecule has 5 rings (SSSR count). The lowest BCUT2D eigenvalue weighted by atomic mass is 9.90. The largest absolute Gasteiger partial charge is 0.275 e. The maximum atomic E-state index is 13.4. The lowest BCUT2D eigenvalue weighted by molar-refractivity contribution is -0.384. The Morgan fingerprint density at radius 2 is 1.47 bits per heavy atom. The molecular formula is C24H19N3O5. The molecule has 0 radical (unpaired) electrons. The number of anilines is 1. The molecule has 32 heavy (non-hydrogen) atoms. The molecule has 2 aliphatic heterocycles. The highest BCUT2D eigenvalue weighted by Crippen LogP contribution is 2.47. The standard InChI is InChI=1S/C24H19N3O5/c28-23-20-21(17-11-13-19(14-12-17)27(30)31)26(18-9-5-2-6-10-18)32-22(20)24(29)25(23)15-16-7-3-1-4-8-16/h1-14,20-22H,15H2. The molecule has 0 aromatic heterocycles. The zero-order valence-corrected chi connectivity index (χ0v) is 16.9. The van der Waals surface area contributed by atoms with E-state index in [1.54, 1.807) is 17.2 Å². The predicted molar refractivity (Wildman–Crippen MR) is 115 cm³/mol. The Morgan fingerprint density at radius 1 is 0.844 bits per heavy atom. The van der Waals surface area contributed by atoms with Gasteiger partial charge in [0.2, 0.25) is 5.91 Å². The molecule has 3 aromatic carbocycles. The second kappa shape index (κ2) is 7.90. The van der Waals surface area contributed by atoms with Crippen LogP contribution in [0, 0.1) is 16.0 Å². The fraction of sp³-hybridized carbons (Fsp3) is 0.167. The second-order valence-corrected chi connectivity index (χ2v) is 7.75. The normalized spacial score (nSPS) is 22.3. The number of nitrogens with zero attached hydrogens (tertiary/aromatic N) is 3. The summed E-state index contributed by atoms with van der Waals surface area (Å²) in [6.07, 6.45) is -0.952. The molecule has 0 aliphatic carbocycles. The van der Waals surface area contributed by atoms with Crippen molar-refractivity contribution < 1.29 is 19.3 Å². The number of hydrogen-bond acceptors (Lipinski definition) is 6. The molecule has 8 heteroatoms. The average Bonchev–Trinajstić information content (AvgIpc) is 3.32. The number of rotatable bonds is 5. The van der Waals surface area contributed by atoms with E-state index in [2.05, 4.69) is 0 Å². The number of non-ortho nitro benzene ring substituents is 1. The molecule has 2 saturated heterocycles. The van der Waals surface area contributed by atoms with Gasteiger partial charge in [0, 0.05) is 12.1 Å². The third kappa shape index (κ3) is 3.30. The quantitative estimate of drug-likeness (QED) is 0.349. The van der Waals surface area contributed by atoms with Crippen molar-refractivity contribution in [1.82, 2.24) is 4.90 Å². The monoisotopic (exact) mass is 429 g/mol. The maximum Gasteiger partial charge on any atom is 0.269 e. The van der Waals surface area contributed by atoms with Crippen LogP contribution in [0.1, 0.15) is 17.2 Å². The van der Waals surface area contributed by atoms with Crippen LogP contribution in [-0.2, 0) is 21.0 Å². The van der Waals surface area contributed by atoms with Crippen molar-refractivity contribution in [2.75, 3.05) is 5.06 Å². The van der Waals surface area contributed by atoms with Crippen LogP contribution in [0.5, 0.6) is 0 Å². The summed E-state index contributed by atoms with van der Waals surface area (Å²) in [5.41, 5.74) is 2.16. The van der Waals surface area contributed by atoms with E-state index in [0.29, 0.717) is 11.3 Å². The van der Waals surface area contributed by atoms with Crippen LogP contribution in [0.3, 0.4) is 0 Å². The van der Waals surface area contributed by atoms with E-state index in [-0.39, 0.29) is 24.0 Å². The van der Waals surface area contributed by atoms with Crippen molar-refractivity contribution >= 4 is 23.2 Å². The maximum absolute atomic E-state index is 13.4. The Morgan fingerprint density at radius 3 is 2.09 bits per heavy atom. The van der Waals surface area contributed by atoms with Gasteiger partial charge >= 0.3 is 0 Å². The van der Waals surface area contributed by atoms with Gasteiger partial charge in [-0.25, -0.2) is 5.06 Å². The van der Waals surface area contributed by atoms with Crippen molar-refractivity contribution in [3.63, 3.8) is 0 Å². The van der Waals surface area contributed by atoms with Crippen molar-refractivity contribution in [2.45, 2.75) is 18.7 Å². The number of carbonyl (C=O) groups is 2. The minimum Gasteiger partial charge on any atom is -0.275 e. The molecule has 0 bridgehead atoms. The third-order valence-corrected chi connectivity index (χ3v) is 5.85. The molecule has 160 valence electrons. The summed E-state index contributed by atoms with van der Waals surface area (Å²) in [4.78, 5) is 44.5. The van der Waals surface area contributed by atoms with E-state index in [4.69, 9.17) is 4.84 Å². The zero-order chi connectivity index (χ0) is 22.2. The van der Waals surface area contributed by atoms with Gasteiger partial charge in [-0.3, -0.25) is 29.4 Å². The number of nitro groups is 1. The van der Waals surface area contributed by atoms with Crippen LogP contribution in [-0.4, -0.2) is 27.7 Å². The number of imide groups is 1. The van der Waals surface area contributed by atoms with Gasteiger partial charge in [-0.15, -0.1) is 0 Å². The number of fused-ring (bicyclic) bond motifs is 1. The van der Waals surface area contributed by atoms with E-state index in [1.165, 1.54) is 17.0 Å². The Bertz CT molecular complexity index is 1170. The number of hydroxylamine groups is 1. The van der Waals surface area contributed by atoms with Crippen LogP contribution in [0.2, 0.25) is 0 Å². The average molecular weight is 429 g/mol. The van der Waals surface area contributed by atoms with Crippen molar-refractivity contribution in [1.29, 1.82) is 0 Å². The minimum atomic E-state index is -0.952. The van der Waals surface area contributed by atoms with E-state index in [1.807, 2.05) is 60.7 Å². The molecule has 0 N–H and O–H groups in total. The molecule has 2 fully saturated rings. The van der Waals surface area contributed by atoms with Gasteiger partial charge in [-0.2, -0.15) is 0 Å². The van der Waals surface area contributed by atoms with Gasteiger partial charge in [-0.05, 0) is 23.3 Å². The first-order valence-corrected chi connectivity index (χ1v) is 10.2. The van der Waals surface area contributed by atoms with Crippen molar-refractivity contribution in [2.24, 2.45) is 5.92 Å². The van der Waals surface area contributed by atoms with Crippen LogP contribution >= 0.6 is 0 Å². The molecule has 2 aliphatic rings. The predicted octanol–water partition coefficient (Wildman–Crippen LogP) is 3.64. The smallest absolute Gasteiger partial charge is 0.269 e. The molecule has 3 atom stereocenters. The second-order valence-electron chi connectivity index (χ2n) is 7.75. The van der Waals surface area contributed by atoms with Gasteiger partial charge in [0.25, 0.3) is 11.6 Å². The van der Waals surface area contributed by atoms with Crippen LogP contribution in [0.4, 0.5) is 11.4 Å². The fourth-order valence-electron chi connectivity index (χ4n) is 4.32. The third-order valence-electron chi connectivity index (χ3n) is 5.85. The first-order valence-electron chi connectivity index (χ1n) is 10.2. The number of nitro benzene ring substituents is 1. The molecule has 0 saturated carbocycles. The SMILES string of the molecule is O=C1C2ON(c3ccccc3)C(c3ccc([N+](=O)[O-])cc3)C2C(=O)N1Cc1ccccc1. The van der Waals surface area contributed by atoms with E-state index >= 15 is 0 Å². The lowest BCUT2D eigenvalue weighted by Crippen LogP contribution is -2.36. The Labute approximate surface area is 183 Å². The summed E-state index contributed by atoms with van der Waals surface area (Å²) in [5.74, 6) is -1.45. The van der Waals surface area contributed by atoms with E-state index in [9.17, 15) is 19.7 Å². The minimum absolute atomic E-state index is 0.0463. The molecule has 8 nitrogen and oxygen atoms in total. The Balaban J connectivity index is 1.52. The summed E-state index contributed by atoms with van der Waals surface area (Å²) >= 11 is 0. The first-order chi connectivity index (χ1) is 15.5. The Hall–Kier alpha value is -4.04. The van der Waals surface area contributed by atoms with Crippen LogP contribution in [0.15, 0.2) is 84.9 Å². The van der Waals surface area contributed by atoms with Crippen molar-refractivity contribution in [3.05, 3.63) is 106 Å². The summed E-state index contributed by atoms with van der Waals surface area (Å²) in [6.45, 7) is 0.174. The molecule has 2 amide bonds. The first kappa shape index (κ1) is 19.9.